The molecular weight excluding hydrogens is 448 g/mol. The first-order valence-corrected chi connectivity index (χ1v) is 9.20. The summed E-state index contributed by atoms with van der Waals surface area (Å²) in [5.74, 6) is -2.09. The second kappa shape index (κ2) is 8.44. The number of nitrogens with zero attached hydrogens (tertiary/aromatic N) is 1. The van der Waals surface area contributed by atoms with Crippen LogP contribution in [0.2, 0.25) is 0 Å². The Morgan fingerprint density at radius 2 is 1.69 bits per heavy atom. The molecule has 2 aliphatic rings. The van der Waals surface area contributed by atoms with E-state index in [-0.39, 0.29) is 22.3 Å². The Bertz CT molecular complexity index is 1220. The van der Waals surface area contributed by atoms with Gasteiger partial charge in [-0.05, 0) is 37.1 Å². The first-order valence-electron chi connectivity index (χ1n) is 9.20. The Labute approximate surface area is 176 Å². The summed E-state index contributed by atoms with van der Waals surface area (Å²) in [6.07, 6.45) is -7.60. The molecule has 0 bridgehead atoms. The lowest BCUT2D eigenvalue weighted by Gasteiger charge is -2.17. The van der Waals surface area contributed by atoms with Crippen LogP contribution in [0.4, 0.5) is 40.8 Å². The molecule has 0 aromatic heterocycles. The van der Waals surface area contributed by atoms with Gasteiger partial charge in [0.1, 0.15) is 36.1 Å². The zero-order valence-corrected chi connectivity index (χ0v) is 16.7. The normalized spacial score (nSPS) is 13.9. The molecule has 0 spiro atoms. The monoisotopic (exact) mass is 464 g/mol. The molecule has 0 fully saturated rings. The molecule has 0 atom stereocenters. The smallest absolute Gasteiger partial charge is 0.407 e. The van der Waals surface area contributed by atoms with E-state index in [4.69, 9.17) is 4.42 Å². The van der Waals surface area contributed by atoms with Crippen molar-refractivity contribution in [3.05, 3.63) is 52.9 Å². The highest BCUT2D eigenvalue weighted by Gasteiger charge is 2.28. The highest BCUT2D eigenvalue weighted by atomic mass is 19.4. The van der Waals surface area contributed by atoms with Gasteiger partial charge in [-0.25, -0.2) is 8.78 Å². The van der Waals surface area contributed by atoms with E-state index in [0.717, 1.165) is 24.3 Å². The standard InChI is InChI=1S/C21H16F8N2O/c1-3-10(2)19-11-4-13(22)15(30-8-20(24,25)26)6-17(11)32-18-7-16(14(23)5-12(18)19)31-9-21(27,28)29/h3-7,30H,8-9H2,1-2H3/b10-3+,31-16?. The van der Waals surface area contributed by atoms with E-state index in [0.29, 0.717) is 11.1 Å². The molecule has 0 saturated carbocycles. The van der Waals surface area contributed by atoms with E-state index in [1.807, 2.05) is 5.32 Å². The van der Waals surface area contributed by atoms with Gasteiger partial charge >= 0.3 is 12.4 Å². The van der Waals surface area contributed by atoms with Gasteiger partial charge in [0.05, 0.1) is 11.0 Å². The molecule has 0 amide bonds. The molecular formula is C21H16F8N2O. The van der Waals surface area contributed by atoms with Crippen LogP contribution in [0, 0.1) is 11.6 Å². The molecule has 1 aromatic carbocycles. The van der Waals surface area contributed by atoms with Crippen molar-refractivity contribution in [3.8, 4) is 11.3 Å². The van der Waals surface area contributed by atoms with Crippen LogP contribution in [0.5, 0.6) is 0 Å². The van der Waals surface area contributed by atoms with Gasteiger partial charge in [0.25, 0.3) is 0 Å². The molecule has 11 heteroatoms. The van der Waals surface area contributed by atoms with Crippen molar-refractivity contribution in [1.29, 1.82) is 0 Å². The van der Waals surface area contributed by atoms with E-state index in [9.17, 15) is 35.1 Å². The Morgan fingerprint density at radius 3 is 2.28 bits per heavy atom. The van der Waals surface area contributed by atoms with Crippen LogP contribution in [0.25, 0.3) is 27.9 Å². The van der Waals surface area contributed by atoms with E-state index in [1.54, 1.807) is 19.9 Å². The molecule has 1 aromatic rings. The van der Waals surface area contributed by atoms with Crippen LogP contribution >= 0.6 is 0 Å². The molecule has 1 heterocycles. The molecule has 1 aliphatic heterocycles. The fourth-order valence-electron chi connectivity index (χ4n) is 3.12. The Kier molecular flexibility index (Phi) is 6.21. The first kappa shape index (κ1) is 23.6. The molecule has 0 radical (unpaired) electrons. The third-order valence-corrected chi connectivity index (χ3v) is 4.61. The van der Waals surface area contributed by atoms with E-state index >= 15 is 0 Å². The quantitative estimate of drug-likeness (QED) is 0.346. The molecule has 3 nitrogen and oxygen atoms in total. The average molecular weight is 464 g/mol. The predicted molar refractivity (Wildman–Crippen MR) is 103 cm³/mol. The summed E-state index contributed by atoms with van der Waals surface area (Å²) in [5, 5.41) is 1.49. The summed E-state index contributed by atoms with van der Waals surface area (Å²) < 4.78 is 110. The van der Waals surface area contributed by atoms with Crippen LogP contribution in [-0.2, 0) is 0 Å². The summed E-state index contributed by atoms with van der Waals surface area (Å²) >= 11 is 0. The lowest BCUT2D eigenvalue weighted by atomic mass is 9.94. The van der Waals surface area contributed by atoms with Gasteiger partial charge in [-0.15, -0.1) is 0 Å². The lowest BCUT2D eigenvalue weighted by Crippen LogP contribution is -2.21. The van der Waals surface area contributed by atoms with Gasteiger partial charge in [-0.2, -0.15) is 26.3 Å². The number of fused-ring (bicyclic) bond motifs is 2. The summed E-state index contributed by atoms with van der Waals surface area (Å²) in [5.41, 5.74) is 0.503. The Hall–Kier alpha value is -3.11. The number of halogens is 8. The summed E-state index contributed by atoms with van der Waals surface area (Å²) in [6, 6.07) is 3.87. The van der Waals surface area contributed by atoms with Crippen molar-refractivity contribution in [1.82, 2.24) is 0 Å². The number of nitrogens with one attached hydrogen (secondary N) is 1. The number of hydrogen-bond donors (Lipinski definition) is 1. The maximum atomic E-state index is 14.5. The number of benzene rings is 2. The fourth-order valence-corrected chi connectivity index (χ4v) is 3.12. The Morgan fingerprint density at radius 1 is 1.00 bits per heavy atom. The number of hydrogen-bond acceptors (Lipinski definition) is 3. The third kappa shape index (κ3) is 5.20. The van der Waals surface area contributed by atoms with Gasteiger partial charge in [0, 0.05) is 23.1 Å². The van der Waals surface area contributed by atoms with Gasteiger partial charge in [0.2, 0.25) is 0 Å². The number of allylic oxidation sites excluding steroid dienone is 2. The van der Waals surface area contributed by atoms with E-state index in [1.165, 1.54) is 0 Å². The number of anilines is 1. The largest absolute Gasteiger partial charge is 0.456 e. The molecule has 1 aliphatic carbocycles. The van der Waals surface area contributed by atoms with Crippen LogP contribution in [0.15, 0.2) is 39.8 Å². The van der Waals surface area contributed by atoms with Crippen molar-refractivity contribution in [2.45, 2.75) is 26.2 Å². The molecule has 172 valence electrons. The van der Waals surface area contributed by atoms with Gasteiger partial charge in [-0.1, -0.05) is 6.08 Å². The summed E-state index contributed by atoms with van der Waals surface area (Å²) in [7, 11) is 0. The molecule has 32 heavy (non-hydrogen) atoms. The minimum atomic E-state index is -4.65. The van der Waals surface area contributed by atoms with Crippen molar-refractivity contribution in [2.24, 2.45) is 4.99 Å². The maximum Gasteiger partial charge on any atom is 0.407 e. The topological polar surface area (TPSA) is 37.5 Å². The summed E-state index contributed by atoms with van der Waals surface area (Å²) in [4.78, 5) is 3.22. The number of rotatable bonds is 4. The van der Waals surface area contributed by atoms with Crippen molar-refractivity contribution in [2.75, 3.05) is 18.4 Å². The van der Waals surface area contributed by atoms with E-state index in [2.05, 4.69) is 4.99 Å². The molecule has 1 N–H and O–H groups in total. The highest BCUT2D eigenvalue weighted by Crippen LogP contribution is 2.39. The average Bonchev–Trinajstić information content (AvgIpc) is 2.67. The summed E-state index contributed by atoms with van der Waals surface area (Å²) in [6.45, 7) is 0.202. The van der Waals surface area contributed by atoms with Crippen molar-refractivity contribution in [3.63, 3.8) is 0 Å². The minimum absolute atomic E-state index is 0.0480. The van der Waals surface area contributed by atoms with Gasteiger partial charge < -0.3 is 9.73 Å². The van der Waals surface area contributed by atoms with Gasteiger partial charge in [0.15, 0.2) is 0 Å². The number of alkyl halides is 6. The Balaban J connectivity index is 2.29. The maximum absolute atomic E-state index is 14.5. The second-order valence-corrected chi connectivity index (χ2v) is 6.98. The predicted octanol–water partition coefficient (Wildman–Crippen LogP) is 6.68. The van der Waals surface area contributed by atoms with Crippen molar-refractivity contribution >= 4 is 22.2 Å². The van der Waals surface area contributed by atoms with Crippen molar-refractivity contribution < 1.29 is 39.5 Å². The van der Waals surface area contributed by atoms with E-state index < -0.39 is 48.1 Å². The second-order valence-electron chi connectivity index (χ2n) is 6.98. The molecule has 3 rings (SSSR count). The molecule has 0 unspecified atom stereocenters. The van der Waals surface area contributed by atoms with Gasteiger partial charge in [-0.3, -0.25) is 4.99 Å². The van der Waals surface area contributed by atoms with Crippen LogP contribution in [0.3, 0.4) is 0 Å². The fraction of sp³-hybridized carbons (Fsp3) is 0.286. The first-order chi connectivity index (χ1) is 14.8. The van der Waals surface area contributed by atoms with Crippen LogP contribution < -0.4 is 10.7 Å². The van der Waals surface area contributed by atoms with Crippen LogP contribution in [0.1, 0.15) is 19.4 Å². The zero-order chi connectivity index (χ0) is 23.8. The van der Waals surface area contributed by atoms with Crippen LogP contribution in [-0.4, -0.2) is 25.4 Å². The lowest BCUT2D eigenvalue weighted by molar-refractivity contribution is -0.118. The highest BCUT2D eigenvalue weighted by molar-refractivity contribution is 5.98. The SMILES string of the molecule is C/C=C(\C)c1c2cc(F)c(=NCC(F)(F)F)cc-2oc2cc(NCC(F)(F)F)c(F)cc12. The molecule has 0 saturated heterocycles. The third-order valence-electron chi connectivity index (χ3n) is 4.61. The zero-order valence-electron chi connectivity index (χ0n) is 16.7. The minimum Gasteiger partial charge on any atom is -0.456 e.